The van der Waals surface area contributed by atoms with E-state index in [1.807, 2.05) is 0 Å². The first-order chi connectivity index (χ1) is 8.13. The third kappa shape index (κ3) is 5.24. The van der Waals surface area contributed by atoms with Gasteiger partial charge in [0.2, 0.25) is 0 Å². The molecule has 4 heteroatoms. The van der Waals surface area contributed by atoms with Crippen molar-refractivity contribution in [3.05, 3.63) is 29.8 Å². The van der Waals surface area contributed by atoms with E-state index in [0.717, 1.165) is 25.2 Å². The molecule has 0 fully saturated rings. The smallest absolute Gasteiger partial charge is 0.141 e. The highest BCUT2D eigenvalue weighted by Crippen LogP contribution is 2.11. The first kappa shape index (κ1) is 14.1. The molecule has 1 aromatic rings. The van der Waals surface area contributed by atoms with E-state index in [9.17, 15) is 4.39 Å². The van der Waals surface area contributed by atoms with E-state index < -0.39 is 0 Å². The maximum atomic E-state index is 12.7. The van der Waals surface area contributed by atoms with Gasteiger partial charge in [-0.05, 0) is 45.1 Å². The van der Waals surface area contributed by atoms with Crippen LogP contribution in [-0.2, 0) is 0 Å². The van der Waals surface area contributed by atoms with Gasteiger partial charge in [0.1, 0.15) is 5.82 Å². The summed E-state index contributed by atoms with van der Waals surface area (Å²) in [5.74, 6) is -0.319. The zero-order chi connectivity index (χ0) is 12.7. The zero-order valence-corrected chi connectivity index (χ0v) is 10.7. The van der Waals surface area contributed by atoms with E-state index in [1.165, 1.54) is 25.1 Å². The molecular weight excluding hydrogens is 217 g/mol. The number of aromatic nitrogens is 1. The molecule has 0 amide bonds. The van der Waals surface area contributed by atoms with Gasteiger partial charge >= 0.3 is 0 Å². The van der Waals surface area contributed by atoms with Gasteiger partial charge in [-0.25, -0.2) is 4.39 Å². The Morgan fingerprint density at radius 3 is 2.76 bits per heavy atom. The number of rotatable bonds is 7. The van der Waals surface area contributed by atoms with Gasteiger partial charge < -0.3 is 10.6 Å². The molecule has 1 heterocycles. The van der Waals surface area contributed by atoms with E-state index in [4.69, 9.17) is 5.73 Å². The Hall–Kier alpha value is -1.00. The lowest BCUT2D eigenvalue weighted by Crippen LogP contribution is -2.25. The third-order valence-corrected chi connectivity index (χ3v) is 2.85. The molecule has 0 saturated carbocycles. The van der Waals surface area contributed by atoms with Gasteiger partial charge in [0.05, 0.1) is 11.9 Å². The van der Waals surface area contributed by atoms with Gasteiger partial charge in [-0.2, -0.15) is 0 Å². The Bertz CT molecular complexity index is 313. The molecule has 1 unspecified atom stereocenters. The maximum absolute atomic E-state index is 12.7. The fourth-order valence-electron chi connectivity index (χ4n) is 1.65. The van der Waals surface area contributed by atoms with Crippen LogP contribution in [0.25, 0.3) is 0 Å². The van der Waals surface area contributed by atoms with Crippen molar-refractivity contribution < 1.29 is 4.39 Å². The van der Waals surface area contributed by atoms with Crippen LogP contribution >= 0.6 is 0 Å². The molecule has 0 saturated heterocycles. The average Bonchev–Trinajstić information content (AvgIpc) is 2.34. The summed E-state index contributed by atoms with van der Waals surface area (Å²) in [6.45, 7) is 4.22. The molecule has 0 aliphatic carbocycles. The van der Waals surface area contributed by atoms with Crippen LogP contribution < -0.4 is 5.73 Å². The number of hydrogen-bond acceptors (Lipinski definition) is 3. The summed E-state index contributed by atoms with van der Waals surface area (Å²) in [5, 5.41) is 0. The van der Waals surface area contributed by atoms with Crippen molar-refractivity contribution in [2.24, 2.45) is 5.73 Å². The highest BCUT2D eigenvalue weighted by Gasteiger charge is 2.08. The topological polar surface area (TPSA) is 42.1 Å². The summed E-state index contributed by atoms with van der Waals surface area (Å²) in [6.07, 6.45) is 4.48. The van der Waals surface area contributed by atoms with Crippen molar-refractivity contribution in [3.63, 3.8) is 0 Å². The Kier molecular flexibility index (Phi) is 6.08. The van der Waals surface area contributed by atoms with Gasteiger partial charge in [-0.15, -0.1) is 0 Å². The molecule has 1 aromatic heterocycles. The fourth-order valence-corrected chi connectivity index (χ4v) is 1.65. The summed E-state index contributed by atoms with van der Waals surface area (Å²) in [7, 11) is 2.10. The van der Waals surface area contributed by atoms with E-state index in [-0.39, 0.29) is 11.9 Å². The largest absolute Gasteiger partial charge is 0.323 e. The van der Waals surface area contributed by atoms with Crippen LogP contribution in [0.5, 0.6) is 0 Å². The van der Waals surface area contributed by atoms with Crippen molar-refractivity contribution in [1.82, 2.24) is 9.88 Å². The Labute approximate surface area is 103 Å². The van der Waals surface area contributed by atoms with Crippen LogP contribution in [-0.4, -0.2) is 30.0 Å². The summed E-state index contributed by atoms with van der Waals surface area (Å²) in [6, 6.07) is 2.95. The molecule has 0 spiro atoms. The van der Waals surface area contributed by atoms with Crippen molar-refractivity contribution >= 4 is 0 Å². The monoisotopic (exact) mass is 239 g/mol. The molecule has 0 aliphatic rings. The molecule has 1 atom stereocenters. The lowest BCUT2D eigenvalue weighted by atomic mass is 10.1. The van der Waals surface area contributed by atoms with Crippen LogP contribution in [0.3, 0.4) is 0 Å². The normalized spacial score (nSPS) is 13.0. The molecule has 2 N–H and O–H groups in total. The molecule has 0 radical (unpaired) electrons. The molecule has 0 aliphatic heterocycles. The second-order valence-corrected chi connectivity index (χ2v) is 4.45. The van der Waals surface area contributed by atoms with E-state index in [2.05, 4.69) is 23.9 Å². The lowest BCUT2D eigenvalue weighted by Gasteiger charge is -2.18. The molecule has 0 bridgehead atoms. The first-order valence-electron chi connectivity index (χ1n) is 6.19. The van der Waals surface area contributed by atoms with Gasteiger partial charge in [0.15, 0.2) is 0 Å². The minimum absolute atomic E-state index is 0.111. The van der Waals surface area contributed by atoms with E-state index in [0.29, 0.717) is 0 Å². The second-order valence-electron chi connectivity index (χ2n) is 4.45. The highest BCUT2D eigenvalue weighted by atomic mass is 19.1. The molecular formula is C13H22FN3. The summed E-state index contributed by atoms with van der Waals surface area (Å²) in [5.41, 5.74) is 6.77. The van der Waals surface area contributed by atoms with Crippen LogP contribution in [0.15, 0.2) is 18.3 Å². The van der Waals surface area contributed by atoms with Crippen molar-refractivity contribution in [2.75, 3.05) is 20.1 Å². The van der Waals surface area contributed by atoms with Gasteiger partial charge in [-0.1, -0.05) is 13.3 Å². The quantitative estimate of drug-likeness (QED) is 0.794. The third-order valence-electron chi connectivity index (χ3n) is 2.85. The zero-order valence-electron chi connectivity index (χ0n) is 10.7. The van der Waals surface area contributed by atoms with Crippen molar-refractivity contribution in [1.29, 1.82) is 0 Å². The van der Waals surface area contributed by atoms with E-state index >= 15 is 0 Å². The molecule has 3 nitrogen and oxygen atoms in total. The fraction of sp³-hybridized carbons (Fsp3) is 0.615. The minimum atomic E-state index is -0.319. The van der Waals surface area contributed by atoms with Gasteiger partial charge in [0, 0.05) is 6.04 Å². The van der Waals surface area contributed by atoms with Crippen LogP contribution in [0.2, 0.25) is 0 Å². The van der Waals surface area contributed by atoms with E-state index in [1.54, 1.807) is 6.07 Å². The Balaban J connectivity index is 2.34. The Morgan fingerprint density at radius 1 is 1.41 bits per heavy atom. The predicted molar refractivity (Wildman–Crippen MR) is 68.1 cm³/mol. The molecule has 17 heavy (non-hydrogen) atoms. The van der Waals surface area contributed by atoms with Gasteiger partial charge in [0.25, 0.3) is 0 Å². The number of hydrogen-bond donors (Lipinski definition) is 1. The summed E-state index contributed by atoms with van der Waals surface area (Å²) < 4.78 is 12.7. The number of nitrogens with two attached hydrogens (primary N) is 1. The van der Waals surface area contributed by atoms with Crippen molar-refractivity contribution in [3.8, 4) is 0 Å². The summed E-state index contributed by atoms with van der Waals surface area (Å²) >= 11 is 0. The van der Waals surface area contributed by atoms with Crippen LogP contribution in [0, 0.1) is 5.82 Å². The second kappa shape index (κ2) is 7.35. The molecule has 1 rings (SSSR count). The first-order valence-corrected chi connectivity index (χ1v) is 6.19. The predicted octanol–water partition coefficient (Wildman–Crippen LogP) is 2.34. The number of nitrogens with zero attached hydrogens (tertiary/aromatic N) is 2. The average molecular weight is 239 g/mol. The maximum Gasteiger partial charge on any atom is 0.141 e. The van der Waals surface area contributed by atoms with Crippen LogP contribution in [0.1, 0.15) is 37.9 Å². The lowest BCUT2D eigenvalue weighted by molar-refractivity contribution is 0.312. The number of halogens is 1. The molecule has 0 aromatic carbocycles. The highest BCUT2D eigenvalue weighted by molar-refractivity contribution is 5.09. The Morgan fingerprint density at radius 2 is 2.18 bits per heavy atom. The SMILES string of the molecule is CCCCN(C)CCC(N)c1ccc(F)cn1. The van der Waals surface area contributed by atoms with Gasteiger partial charge in [-0.3, -0.25) is 4.98 Å². The minimum Gasteiger partial charge on any atom is -0.323 e. The number of pyridine rings is 1. The van der Waals surface area contributed by atoms with Crippen molar-refractivity contribution in [2.45, 2.75) is 32.2 Å². The molecule has 96 valence electrons. The van der Waals surface area contributed by atoms with Crippen LogP contribution in [0.4, 0.5) is 4.39 Å². The number of unbranched alkanes of at least 4 members (excludes halogenated alkanes) is 1. The summed E-state index contributed by atoms with van der Waals surface area (Å²) in [4.78, 5) is 6.27. The standard InChI is InChI=1S/C13H22FN3/c1-3-4-8-17(2)9-7-12(15)13-6-5-11(14)10-16-13/h5-6,10,12H,3-4,7-9,15H2,1-2H3.